The summed E-state index contributed by atoms with van der Waals surface area (Å²) in [6.07, 6.45) is -4.72. The van der Waals surface area contributed by atoms with Gasteiger partial charge in [0.2, 0.25) is 0 Å². The molecule has 0 aliphatic rings. The van der Waals surface area contributed by atoms with Crippen molar-refractivity contribution in [3.05, 3.63) is 35.0 Å². The average molecular weight is 304 g/mol. The average Bonchev–Trinajstić information content (AvgIpc) is 2.26. The van der Waals surface area contributed by atoms with Crippen molar-refractivity contribution in [2.45, 2.75) is 32.5 Å². The SMILES string of the molecule is CC(C)(C)c1cc(Cl)c2cc(OC(F)(F)F)ccc2n1. The first-order chi connectivity index (χ1) is 9.06. The maximum absolute atomic E-state index is 12.2. The fourth-order valence-corrected chi connectivity index (χ4v) is 2.00. The van der Waals surface area contributed by atoms with Gasteiger partial charge in [-0.1, -0.05) is 32.4 Å². The maximum Gasteiger partial charge on any atom is 0.573 e. The van der Waals surface area contributed by atoms with Crippen LogP contribution in [-0.2, 0) is 5.41 Å². The van der Waals surface area contributed by atoms with Gasteiger partial charge in [0.1, 0.15) is 5.75 Å². The molecule has 20 heavy (non-hydrogen) atoms. The molecule has 0 saturated heterocycles. The molecule has 0 saturated carbocycles. The first-order valence-corrected chi connectivity index (χ1v) is 6.30. The van der Waals surface area contributed by atoms with Gasteiger partial charge in [0.05, 0.1) is 10.5 Å². The molecular formula is C14H13ClF3NO. The topological polar surface area (TPSA) is 22.1 Å². The Labute approximate surface area is 119 Å². The normalized spacial score (nSPS) is 12.8. The largest absolute Gasteiger partial charge is 0.573 e. The molecule has 6 heteroatoms. The number of nitrogens with zero attached hydrogens (tertiary/aromatic N) is 1. The number of ether oxygens (including phenoxy) is 1. The molecule has 1 heterocycles. The van der Waals surface area contributed by atoms with Crippen molar-refractivity contribution in [3.8, 4) is 5.75 Å². The number of aromatic nitrogens is 1. The van der Waals surface area contributed by atoms with Crippen LogP contribution in [0, 0.1) is 0 Å². The minimum atomic E-state index is -4.72. The van der Waals surface area contributed by atoms with Gasteiger partial charge in [0.15, 0.2) is 0 Å². The summed E-state index contributed by atoms with van der Waals surface area (Å²) in [5, 5.41) is 0.786. The molecule has 1 aromatic carbocycles. The van der Waals surface area contributed by atoms with E-state index in [0.29, 0.717) is 15.9 Å². The molecule has 2 nitrogen and oxygen atoms in total. The highest BCUT2D eigenvalue weighted by Crippen LogP contribution is 2.32. The van der Waals surface area contributed by atoms with E-state index in [1.54, 1.807) is 6.07 Å². The molecule has 0 N–H and O–H groups in total. The summed E-state index contributed by atoms with van der Waals surface area (Å²) >= 11 is 6.13. The molecule has 2 aromatic rings. The van der Waals surface area contributed by atoms with Gasteiger partial charge >= 0.3 is 6.36 Å². The number of hydrogen-bond acceptors (Lipinski definition) is 2. The lowest BCUT2D eigenvalue weighted by molar-refractivity contribution is -0.274. The van der Waals surface area contributed by atoms with Crippen molar-refractivity contribution in [1.82, 2.24) is 4.98 Å². The van der Waals surface area contributed by atoms with Crippen LogP contribution in [-0.4, -0.2) is 11.3 Å². The van der Waals surface area contributed by atoms with Crippen LogP contribution in [0.3, 0.4) is 0 Å². The molecule has 0 amide bonds. The smallest absolute Gasteiger partial charge is 0.406 e. The first-order valence-electron chi connectivity index (χ1n) is 5.93. The summed E-state index contributed by atoms with van der Waals surface area (Å²) in [6.45, 7) is 5.95. The second kappa shape index (κ2) is 4.81. The number of hydrogen-bond donors (Lipinski definition) is 0. The Morgan fingerprint density at radius 3 is 2.30 bits per heavy atom. The predicted octanol–water partition coefficient (Wildman–Crippen LogP) is 5.08. The molecule has 0 aliphatic heterocycles. The fraction of sp³-hybridized carbons (Fsp3) is 0.357. The van der Waals surface area contributed by atoms with E-state index in [2.05, 4.69) is 9.72 Å². The molecule has 0 radical (unpaired) electrons. The fourth-order valence-electron chi connectivity index (χ4n) is 1.75. The lowest BCUT2D eigenvalue weighted by Gasteiger charge is -2.19. The Kier molecular flexibility index (Phi) is 3.58. The summed E-state index contributed by atoms with van der Waals surface area (Å²) in [4.78, 5) is 4.42. The number of rotatable bonds is 1. The van der Waals surface area contributed by atoms with Crippen molar-refractivity contribution < 1.29 is 17.9 Å². The molecule has 0 aliphatic carbocycles. The highest BCUT2D eigenvalue weighted by molar-refractivity contribution is 6.35. The standard InChI is InChI=1S/C14H13ClF3NO/c1-13(2,3)12-7-10(15)9-6-8(20-14(16,17)18)4-5-11(9)19-12/h4-7H,1-3H3. The van der Waals surface area contributed by atoms with Crippen LogP contribution in [0.2, 0.25) is 5.02 Å². The van der Waals surface area contributed by atoms with Gasteiger partial charge in [0, 0.05) is 16.5 Å². The third-order valence-electron chi connectivity index (χ3n) is 2.73. The van der Waals surface area contributed by atoms with Crippen molar-refractivity contribution in [1.29, 1.82) is 0 Å². The van der Waals surface area contributed by atoms with E-state index in [1.807, 2.05) is 20.8 Å². The molecule has 0 atom stereocenters. The Morgan fingerprint density at radius 1 is 1.10 bits per heavy atom. The molecular weight excluding hydrogens is 291 g/mol. The molecule has 0 spiro atoms. The van der Waals surface area contributed by atoms with Gasteiger partial charge in [-0.25, -0.2) is 0 Å². The van der Waals surface area contributed by atoms with E-state index in [4.69, 9.17) is 11.6 Å². The Morgan fingerprint density at radius 2 is 1.75 bits per heavy atom. The summed E-state index contributed by atoms with van der Waals surface area (Å²) in [7, 11) is 0. The van der Waals surface area contributed by atoms with Crippen molar-refractivity contribution >= 4 is 22.5 Å². The number of halogens is 4. The first kappa shape index (κ1) is 14.9. The second-order valence-corrected chi connectivity index (χ2v) is 5.87. The summed E-state index contributed by atoms with van der Waals surface area (Å²) < 4.78 is 40.5. The van der Waals surface area contributed by atoms with Crippen LogP contribution in [0.15, 0.2) is 24.3 Å². The van der Waals surface area contributed by atoms with Crippen LogP contribution < -0.4 is 4.74 Å². The molecule has 2 rings (SSSR count). The number of alkyl halides is 3. The lowest BCUT2D eigenvalue weighted by atomic mass is 9.91. The predicted molar refractivity (Wildman–Crippen MR) is 72.1 cm³/mol. The van der Waals surface area contributed by atoms with Gasteiger partial charge < -0.3 is 4.74 Å². The Hall–Kier alpha value is -1.49. The quantitative estimate of drug-likeness (QED) is 0.732. The summed E-state index contributed by atoms with van der Waals surface area (Å²) in [5.41, 5.74) is 1.12. The van der Waals surface area contributed by atoms with E-state index in [1.165, 1.54) is 18.2 Å². The third-order valence-corrected chi connectivity index (χ3v) is 3.04. The zero-order valence-corrected chi connectivity index (χ0v) is 11.9. The van der Waals surface area contributed by atoms with Crippen LogP contribution in [0.25, 0.3) is 10.9 Å². The van der Waals surface area contributed by atoms with Crippen LogP contribution in [0.4, 0.5) is 13.2 Å². The molecule has 0 fully saturated rings. The van der Waals surface area contributed by atoms with Gasteiger partial charge in [0.25, 0.3) is 0 Å². The number of benzene rings is 1. The van der Waals surface area contributed by atoms with Crippen molar-refractivity contribution in [2.75, 3.05) is 0 Å². The Balaban J connectivity index is 2.52. The van der Waals surface area contributed by atoms with Crippen LogP contribution >= 0.6 is 11.6 Å². The zero-order valence-electron chi connectivity index (χ0n) is 11.2. The maximum atomic E-state index is 12.2. The minimum Gasteiger partial charge on any atom is -0.406 e. The molecule has 0 bridgehead atoms. The van der Waals surface area contributed by atoms with E-state index in [-0.39, 0.29) is 11.2 Å². The number of pyridine rings is 1. The van der Waals surface area contributed by atoms with Gasteiger partial charge in [-0.05, 0) is 24.3 Å². The van der Waals surface area contributed by atoms with E-state index in [0.717, 1.165) is 5.69 Å². The van der Waals surface area contributed by atoms with Gasteiger partial charge in [-0.15, -0.1) is 13.2 Å². The lowest BCUT2D eigenvalue weighted by Crippen LogP contribution is -2.17. The molecule has 1 aromatic heterocycles. The van der Waals surface area contributed by atoms with E-state index < -0.39 is 6.36 Å². The van der Waals surface area contributed by atoms with E-state index in [9.17, 15) is 13.2 Å². The van der Waals surface area contributed by atoms with Crippen molar-refractivity contribution in [3.63, 3.8) is 0 Å². The minimum absolute atomic E-state index is 0.195. The molecule has 0 unspecified atom stereocenters. The van der Waals surface area contributed by atoms with Gasteiger partial charge in [-0.3, -0.25) is 4.98 Å². The zero-order chi connectivity index (χ0) is 15.1. The summed E-state index contributed by atoms with van der Waals surface area (Å²) in [5.74, 6) is -0.308. The highest BCUT2D eigenvalue weighted by Gasteiger charge is 2.31. The van der Waals surface area contributed by atoms with E-state index >= 15 is 0 Å². The van der Waals surface area contributed by atoms with Crippen LogP contribution in [0.1, 0.15) is 26.5 Å². The third kappa shape index (κ3) is 3.33. The monoisotopic (exact) mass is 303 g/mol. The Bertz CT molecular complexity index is 647. The highest BCUT2D eigenvalue weighted by atomic mass is 35.5. The second-order valence-electron chi connectivity index (χ2n) is 5.47. The van der Waals surface area contributed by atoms with Crippen molar-refractivity contribution in [2.24, 2.45) is 0 Å². The number of fused-ring (bicyclic) bond motifs is 1. The summed E-state index contributed by atoms with van der Waals surface area (Å²) in [6, 6.07) is 5.61. The molecule has 108 valence electrons. The van der Waals surface area contributed by atoms with Crippen LogP contribution in [0.5, 0.6) is 5.75 Å². The van der Waals surface area contributed by atoms with Gasteiger partial charge in [-0.2, -0.15) is 0 Å².